The quantitative estimate of drug-likeness (QED) is 0.908. The molecule has 1 atom stereocenters. The molecule has 2 aromatic carbocycles. The zero-order valence-corrected chi connectivity index (χ0v) is 12.0. The molecule has 3 rings (SSSR count). The number of aryl methyl sites for hydroxylation is 1. The summed E-state index contributed by atoms with van der Waals surface area (Å²) in [5.41, 5.74) is 10.3. The van der Waals surface area contributed by atoms with E-state index in [1.54, 1.807) is 0 Å². The average molecular weight is 281 g/mol. The number of hydrogen-bond acceptors (Lipinski definition) is 3. The number of para-hydroxylation sites is 2. The van der Waals surface area contributed by atoms with Crippen molar-refractivity contribution in [3.05, 3.63) is 59.7 Å². The molecule has 0 aromatic heterocycles. The number of anilines is 2. The van der Waals surface area contributed by atoms with Crippen LogP contribution >= 0.6 is 0 Å². The molecule has 0 radical (unpaired) electrons. The predicted molar refractivity (Wildman–Crippen MR) is 85.4 cm³/mol. The average Bonchev–Trinajstić information content (AvgIpc) is 2.49. The van der Waals surface area contributed by atoms with Crippen molar-refractivity contribution in [2.24, 2.45) is 5.73 Å². The molecule has 4 heteroatoms. The summed E-state index contributed by atoms with van der Waals surface area (Å²) in [7, 11) is 0. The van der Waals surface area contributed by atoms with E-state index in [2.05, 4.69) is 29.3 Å². The number of nitrogens with zero attached hydrogens (tertiary/aromatic N) is 1. The van der Waals surface area contributed by atoms with Crippen LogP contribution in [0, 0.1) is 6.92 Å². The van der Waals surface area contributed by atoms with Gasteiger partial charge in [0.25, 0.3) is 0 Å². The standard InChI is InChI=1S/C17H19N3O/c1-12-6-2-3-7-13(12)16(10-18)20-11-17(21)19-14-8-4-5-9-15(14)20/h2-9,16H,10-11,18H2,1H3,(H,19,21). The maximum Gasteiger partial charge on any atom is 0.243 e. The highest BCUT2D eigenvalue weighted by Crippen LogP contribution is 2.35. The maximum atomic E-state index is 12.0. The zero-order valence-electron chi connectivity index (χ0n) is 12.0. The molecule has 2 aromatic rings. The number of nitrogens with two attached hydrogens (primary N) is 1. The van der Waals surface area contributed by atoms with E-state index in [9.17, 15) is 4.79 Å². The van der Waals surface area contributed by atoms with E-state index in [0.29, 0.717) is 13.1 Å². The number of benzene rings is 2. The molecule has 21 heavy (non-hydrogen) atoms. The van der Waals surface area contributed by atoms with Gasteiger partial charge in [0.05, 0.1) is 24.0 Å². The summed E-state index contributed by atoms with van der Waals surface area (Å²) in [4.78, 5) is 14.1. The third kappa shape index (κ3) is 2.50. The van der Waals surface area contributed by atoms with Gasteiger partial charge in [-0.25, -0.2) is 0 Å². The van der Waals surface area contributed by atoms with E-state index in [-0.39, 0.29) is 11.9 Å². The Morgan fingerprint density at radius 2 is 1.90 bits per heavy atom. The van der Waals surface area contributed by atoms with Gasteiger partial charge in [-0.05, 0) is 30.2 Å². The molecule has 0 saturated carbocycles. The van der Waals surface area contributed by atoms with E-state index < -0.39 is 0 Å². The Hall–Kier alpha value is -2.33. The van der Waals surface area contributed by atoms with Gasteiger partial charge in [-0.3, -0.25) is 4.79 Å². The summed E-state index contributed by atoms with van der Waals surface area (Å²) < 4.78 is 0. The molecule has 0 saturated heterocycles. The van der Waals surface area contributed by atoms with Crippen LogP contribution in [0.25, 0.3) is 0 Å². The minimum atomic E-state index is -0.00148. The lowest BCUT2D eigenvalue weighted by Gasteiger charge is -2.37. The summed E-state index contributed by atoms with van der Waals surface area (Å²) in [6, 6.07) is 16.0. The lowest BCUT2D eigenvalue weighted by atomic mass is 9.98. The Labute approximate surface area is 124 Å². The van der Waals surface area contributed by atoms with E-state index >= 15 is 0 Å². The first-order valence-electron chi connectivity index (χ1n) is 7.12. The smallest absolute Gasteiger partial charge is 0.243 e. The first kappa shape index (κ1) is 13.6. The van der Waals surface area contributed by atoms with E-state index in [1.165, 1.54) is 11.1 Å². The second-order valence-electron chi connectivity index (χ2n) is 5.30. The van der Waals surface area contributed by atoms with Gasteiger partial charge in [-0.2, -0.15) is 0 Å². The normalized spacial score (nSPS) is 15.3. The van der Waals surface area contributed by atoms with Crippen LogP contribution in [0.2, 0.25) is 0 Å². The minimum Gasteiger partial charge on any atom is -0.352 e. The summed E-state index contributed by atoms with van der Waals surface area (Å²) >= 11 is 0. The number of carbonyl (C=O) groups is 1. The van der Waals surface area contributed by atoms with Crippen molar-refractivity contribution in [1.29, 1.82) is 0 Å². The highest BCUT2D eigenvalue weighted by Gasteiger charge is 2.28. The van der Waals surface area contributed by atoms with Crippen LogP contribution in [0.5, 0.6) is 0 Å². The van der Waals surface area contributed by atoms with Crippen molar-refractivity contribution in [2.45, 2.75) is 13.0 Å². The monoisotopic (exact) mass is 281 g/mol. The topological polar surface area (TPSA) is 58.4 Å². The fourth-order valence-corrected chi connectivity index (χ4v) is 2.92. The van der Waals surface area contributed by atoms with Crippen molar-refractivity contribution < 1.29 is 4.79 Å². The van der Waals surface area contributed by atoms with Crippen LogP contribution in [0.1, 0.15) is 17.2 Å². The second-order valence-corrected chi connectivity index (χ2v) is 5.30. The van der Waals surface area contributed by atoms with E-state index in [0.717, 1.165) is 11.4 Å². The molecule has 108 valence electrons. The summed E-state index contributed by atoms with van der Waals surface area (Å²) in [5, 5.41) is 2.91. The van der Waals surface area contributed by atoms with Crippen LogP contribution in [-0.4, -0.2) is 19.0 Å². The van der Waals surface area contributed by atoms with Crippen LogP contribution in [0.15, 0.2) is 48.5 Å². The molecule has 0 aliphatic carbocycles. The van der Waals surface area contributed by atoms with Crippen molar-refractivity contribution in [1.82, 2.24) is 0 Å². The fourth-order valence-electron chi connectivity index (χ4n) is 2.92. The number of fused-ring (bicyclic) bond motifs is 1. The molecular weight excluding hydrogens is 262 g/mol. The first-order chi connectivity index (χ1) is 10.2. The Kier molecular flexibility index (Phi) is 3.62. The zero-order chi connectivity index (χ0) is 14.8. The van der Waals surface area contributed by atoms with Gasteiger partial charge in [0, 0.05) is 6.54 Å². The molecule has 1 amide bonds. The number of hydrogen-bond donors (Lipinski definition) is 2. The Morgan fingerprint density at radius 3 is 2.67 bits per heavy atom. The Balaban J connectivity index is 2.06. The number of amides is 1. The Bertz CT molecular complexity index is 669. The lowest BCUT2D eigenvalue weighted by molar-refractivity contribution is -0.115. The summed E-state index contributed by atoms with van der Waals surface area (Å²) in [6.07, 6.45) is 0. The van der Waals surface area contributed by atoms with E-state index in [4.69, 9.17) is 5.73 Å². The third-order valence-corrected chi connectivity index (χ3v) is 3.95. The second kappa shape index (κ2) is 5.58. The van der Waals surface area contributed by atoms with Gasteiger partial charge in [0.15, 0.2) is 0 Å². The van der Waals surface area contributed by atoms with Gasteiger partial charge in [-0.1, -0.05) is 36.4 Å². The van der Waals surface area contributed by atoms with Crippen LogP contribution in [-0.2, 0) is 4.79 Å². The molecule has 1 aliphatic rings. The van der Waals surface area contributed by atoms with Crippen LogP contribution in [0.3, 0.4) is 0 Å². The SMILES string of the molecule is Cc1ccccc1C(CN)N1CC(=O)Nc2ccccc21. The van der Waals surface area contributed by atoms with Crippen molar-refractivity contribution in [2.75, 3.05) is 23.3 Å². The highest BCUT2D eigenvalue weighted by molar-refractivity contribution is 6.01. The largest absolute Gasteiger partial charge is 0.352 e. The molecule has 0 spiro atoms. The molecule has 1 unspecified atom stereocenters. The number of rotatable bonds is 3. The number of carbonyl (C=O) groups excluding carboxylic acids is 1. The van der Waals surface area contributed by atoms with Gasteiger partial charge in [-0.15, -0.1) is 0 Å². The third-order valence-electron chi connectivity index (χ3n) is 3.95. The molecule has 1 aliphatic heterocycles. The van der Waals surface area contributed by atoms with Crippen molar-refractivity contribution in [3.63, 3.8) is 0 Å². The lowest BCUT2D eigenvalue weighted by Crippen LogP contribution is -2.43. The molecule has 0 fully saturated rings. The van der Waals surface area contributed by atoms with Crippen LogP contribution in [0.4, 0.5) is 11.4 Å². The summed E-state index contributed by atoms with van der Waals surface area (Å²) in [5.74, 6) is 0.000680. The molecule has 0 bridgehead atoms. The van der Waals surface area contributed by atoms with Gasteiger partial charge in [0.2, 0.25) is 5.91 Å². The van der Waals surface area contributed by atoms with Crippen molar-refractivity contribution >= 4 is 17.3 Å². The van der Waals surface area contributed by atoms with Crippen LogP contribution < -0.4 is 16.0 Å². The first-order valence-corrected chi connectivity index (χ1v) is 7.12. The minimum absolute atomic E-state index is 0.000680. The molecule has 4 nitrogen and oxygen atoms in total. The van der Waals surface area contributed by atoms with Gasteiger partial charge < -0.3 is 16.0 Å². The highest BCUT2D eigenvalue weighted by atomic mass is 16.2. The van der Waals surface area contributed by atoms with Gasteiger partial charge >= 0.3 is 0 Å². The van der Waals surface area contributed by atoms with E-state index in [1.807, 2.05) is 36.4 Å². The molecule has 3 N–H and O–H groups in total. The fraction of sp³-hybridized carbons (Fsp3) is 0.235. The summed E-state index contributed by atoms with van der Waals surface area (Å²) in [6.45, 7) is 2.87. The van der Waals surface area contributed by atoms with Crippen molar-refractivity contribution in [3.8, 4) is 0 Å². The maximum absolute atomic E-state index is 12.0. The Morgan fingerprint density at radius 1 is 1.19 bits per heavy atom. The number of nitrogens with one attached hydrogen (secondary N) is 1. The predicted octanol–water partition coefficient (Wildman–Crippen LogP) is 2.45. The molecular formula is C17H19N3O. The molecule has 1 heterocycles. The van der Waals surface area contributed by atoms with Gasteiger partial charge in [0.1, 0.15) is 0 Å².